The molecule has 5 nitrogen and oxygen atoms in total. The summed E-state index contributed by atoms with van der Waals surface area (Å²) in [6.45, 7) is 3.73. The molecule has 2 heterocycles. The molecule has 0 N–H and O–H groups in total. The molecule has 0 unspecified atom stereocenters. The van der Waals surface area contributed by atoms with E-state index in [1.807, 2.05) is 25.1 Å². The quantitative estimate of drug-likeness (QED) is 0.851. The number of hydrogen-bond donors (Lipinski definition) is 0. The summed E-state index contributed by atoms with van der Waals surface area (Å²) in [6, 6.07) is 2.10. The van der Waals surface area contributed by atoms with Crippen LogP contribution in [0.25, 0.3) is 0 Å². The lowest BCUT2D eigenvalue weighted by molar-refractivity contribution is 0.623. The van der Waals surface area contributed by atoms with Gasteiger partial charge in [0.1, 0.15) is 22.5 Å². The maximum absolute atomic E-state index is 9.04. The van der Waals surface area contributed by atoms with Crippen molar-refractivity contribution in [3.05, 3.63) is 28.9 Å². The monoisotopic (exact) mass is 295 g/mol. The standard InChI is InChI=1S/C12H14ClN5S/c1-9-15-4-7-18(9)6-3-5-17(2)12-10(8-14)11(13)16-19-12/h4,7H,3,5-6H2,1-2H3. The number of nitriles is 1. The van der Waals surface area contributed by atoms with Gasteiger partial charge < -0.3 is 9.47 Å². The summed E-state index contributed by atoms with van der Waals surface area (Å²) >= 11 is 7.13. The van der Waals surface area contributed by atoms with Crippen LogP contribution in [0.5, 0.6) is 0 Å². The van der Waals surface area contributed by atoms with Gasteiger partial charge in [-0.25, -0.2) is 4.98 Å². The molecule has 0 aliphatic rings. The molecule has 0 radical (unpaired) electrons. The summed E-state index contributed by atoms with van der Waals surface area (Å²) in [6.07, 6.45) is 4.74. The number of nitrogens with zero attached hydrogens (tertiary/aromatic N) is 5. The highest BCUT2D eigenvalue weighted by Gasteiger charge is 2.15. The molecule has 0 saturated heterocycles. The summed E-state index contributed by atoms with van der Waals surface area (Å²) in [5.74, 6) is 1.02. The van der Waals surface area contributed by atoms with Crippen LogP contribution in [0.2, 0.25) is 5.15 Å². The van der Waals surface area contributed by atoms with Crippen molar-refractivity contribution in [2.24, 2.45) is 0 Å². The van der Waals surface area contributed by atoms with Crippen LogP contribution < -0.4 is 4.90 Å². The SMILES string of the molecule is Cc1nccn1CCCN(C)c1snc(Cl)c1C#N. The third-order valence-electron chi connectivity index (χ3n) is 2.91. The Hall–Kier alpha value is -1.58. The van der Waals surface area contributed by atoms with Crippen LogP contribution in [0.1, 0.15) is 17.8 Å². The van der Waals surface area contributed by atoms with Crippen molar-refractivity contribution < 1.29 is 0 Å². The van der Waals surface area contributed by atoms with Gasteiger partial charge in [-0.1, -0.05) is 11.6 Å². The molecular formula is C12H14ClN5S. The van der Waals surface area contributed by atoms with Crippen LogP contribution in [0.4, 0.5) is 5.00 Å². The molecular weight excluding hydrogens is 282 g/mol. The van der Waals surface area contributed by atoms with Crippen molar-refractivity contribution in [3.8, 4) is 6.07 Å². The molecule has 7 heteroatoms. The van der Waals surface area contributed by atoms with E-state index in [9.17, 15) is 0 Å². The van der Waals surface area contributed by atoms with E-state index >= 15 is 0 Å². The average molecular weight is 296 g/mol. The summed E-state index contributed by atoms with van der Waals surface area (Å²) in [5, 5.41) is 10.2. The van der Waals surface area contributed by atoms with Crippen LogP contribution in [0, 0.1) is 18.3 Å². The second-order valence-electron chi connectivity index (χ2n) is 4.21. The normalized spacial score (nSPS) is 10.4. The van der Waals surface area contributed by atoms with Gasteiger partial charge in [-0.3, -0.25) is 0 Å². The summed E-state index contributed by atoms with van der Waals surface area (Å²) in [7, 11) is 1.95. The maximum Gasteiger partial charge on any atom is 0.162 e. The minimum absolute atomic E-state index is 0.291. The van der Waals surface area contributed by atoms with Gasteiger partial charge in [0.05, 0.1) is 0 Å². The summed E-state index contributed by atoms with van der Waals surface area (Å²) in [4.78, 5) is 6.21. The highest BCUT2D eigenvalue weighted by atomic mass is 35.5. The molecule has 0 aromatic carbocycles. The zero-order chi connectivity index (χ0) is 13.8. The fourth-order valence-electron chi connectivity index (χ4n) is 1.84. The molecule has 0 saturated carbocycles. The smallest absolute Gasteiger partial charge is 0.162 e. The number of aromatic nitrogens is 3. The van der Waals surface area contributed by atoms with E-state index in [2.05, 4.69) is 20.0 Å². The molecule has 2 aromatic rings. The fourth-order valence-corrected chi connectivity index (χ4v) is 2.85. The van der Waals surface area contributed by atoms with E-state index in [4.69, 9.17) is 16.9 Å². The van der Waals surface area contributed by atoms with Crippen molar-refractivity contribution >= 4 is 28.1 Å². The number of anilines is 1. The largest absolute Gasteiger partial charge is 0.364 e. The van der Waals surface area contributed by atoms with Crippen LogP contribution in [0.15, 0.2) is 12.4 Å². The Labute approximate surface area is 121 Å². The second-order valence-corrected chi connectivity index (χ2v) is 5.32. The zero-order valence-electron chi connectivity index (χ0n) is 10.8. The number of halogens is 1. The average Bonchev–Trinajstić information content (AvgIpc) is 2.96. The first-order valence-corrected chi connectivity index (χ1v) is 7.02. The third kappa shape index (κ3) is 3.06. The van der Waals surface area contributed by atoms with Gasteiger partial charge in [0.2, 0.25) is 0 Å². The van der Waals surface area contributed by atoms with Gasteiger partial charge >= 0.3 is 0 Å². The van der Waals surface area contributed by atoms with Crippen LogP contribution in [-0.2, 0) is 6.54 Å². The Kier molecular flexibility index (Phi) is 4.40. The zero-order valence-corrected chi connectivity index (χ0v) is 12.4. The van der Waals surface area contributed by atoms with Gasteiger partial charge in [0, 0.05) is 32.5 Å². The Morgan fingerprint density at radius 2 is 2.37 bits per heavy atom. The Balaban J connectivity index is 1.93. The van der Waals surface area contributed by atoms with E-state index in [0.717, 1.165) is 30.3 Å². The van der Waals surface area contributed by atoms with Gasteiger partial charge in [-0.2, -0.15) is 9.64 Å². The highest BCUT2D eigenvalue weighted by Crippen LogP contribution is 2.30. The Bertz CT molecular complexity index is 598. The molecule has 0 amide bonds. The predicted molar refractivity (Wildman–Crippen MR) is 76.7 cm³/mol. The topological polar surface area (TPSA) is 57.7 Å². The maximum atomic E-state index is 9.04. The fraction of sp³-hybridized carbons (Fsp3) is 0.417. The van der Waals surface area contributed by atoms with E-state index in [0.29, 0.717) is 10.7 Å². The van der Waals surface area contributed by atoms with E-state index < -0.39 is 0 Å². The Morgan fingerprint density at radius 1 is 1.58 bits per heavy atom. The number of aryl methyl sites for hydroxylation is 2. The van der Waals surface area contributed by atoms with Crippen molar-refractivity contribution in [1.82, 2.24) is 13.9 Å². The Morgan fingerprint density at radius 3 is 3.00 bits per heavy atom. The van der Waals surface area contributed by atoms with Crippen molar-refractivity contribution in [3.63, 3.8) is 0 Å². The lowest BCUT2D eigenvalue weighted by atomic mass is 10.3. The van der Waals surface area contributed by atoms with E-state index in [1.165, 1.54) is 11.5 Å². The molecule has 19 heavy (non-hydrogen) atoms. The second kappa shape index (κ2) is 6.04. The molecule has 2 aromatic heterocycles. The molecule has 0 aliphatic carbocycles. The first-order chi connectivity index (χ1) is 9.13. The van der Waals surface area contributed by atoms with Gasteiger partial charge in [-0.05, 0) is 24.9 Å². The molecule has 0 atom stereocenters. The predicted octanol–water partition coefficient (Wildman–Crippen LogP) is 2.70. The lowest BCUT2D eigenvalue weighted by Gasteiger charge is -2.17. The number of imidazole rings is 1. The molecule has 100 valence electrons. The third-order valence-corrected chi connectivity index (χ3v) is 4.24. The molecule has 0 fully saturated rings. The van der Waals surface area contributed by atoms with Gasteiger partial charge in [0.25, 0.3) is 0 Å². The molecule has 0 aliphatic heterocycles. The van der Waals surface area contributed by atoms with Crippen LogP contribution >= 0.6 is 23.1 Å². The molecule has 0 bridgehead atoms. The van der Waals surface area contributed by atoms with E-state index in [-0.39, 0.29) is 0 Å². The minimum Gasteiger partial charge on any atom is -0.364 e. The van der Waals surface area contributed by atoms with Gasteiger partial charge in [-0.15, -0.1) is 0 Å². The van der Waals surface area contributed by atoms with Crippen molar-refractivity contribution in [2.45, 2.75) is 19.9 Å². The van der Waals surface area contributed by atoms with Crippen LogP contribution in [0.3, 0.4) is 0 Å². The van der Waals surface area contributed by atoms with Gasteiger partial charge in [0.15, 0.2) is 5.15 Å². The minimum atomic E-state index is 0.291. The highest BCUT2D eigenvalue weighted by molar-refractivity contribution is 7.10. The summed E-state index contributed by atoms with van der Waals surface area (Å²) in [5.41, 5.74) is 0.466. The van der Waals surface area contributed by atoms with Crippen molar-refractivity contribution in [1.29, 1.82) is 5.26 Å². The molecule has 0 spiro atoms. The van der Waals surface area contributed by atoms with E-state index in [1.54, 1.807) is 6.20 Å². The lowest BCUT2D eigenvalue weighted by Crippen LogP contribution is -2.19. The van der Waals surface area contributed by atoms with Crippen LogP contribution in [-0.4, -0.2) is 27.5 Å². The van der Waals surface area contributed by atoms with Crippen molar-refractivity contribution in [2.75, 3.05) is 18.5 Å². The summed E-state index contributed by atoms with van der Waals surface area (Å²) < 4.78 is 6.12. The number of rotatable bonds is 5. The molecule has 2 rings (SSSR count). The first-order valence-electron chi connectivity index (χ1n) is 5.87. The number of hydrogen-bond acceptors (Lipinski definition) is 5. The first kappa shape index (κ1) is 13.8.